The lowest BCUT2D eigenvalue weighted by Crippen LogP contribution is -2.04. The fourth-order valence-corrected chi connectivity index (χ4v) is 1.94. The first kappa shape index (κ1) is 11.3. The summed E-state index contributed by atoms with van der Waals surface area (Å²) in [6, 6.07) is 9.71. The second kappa shape index (κ2) is 5.23. The Morgan fingerprint density at radius 2 is 1.94 bits per heavy atom. The number of benzene rings is 1. The van der Waals surface area contributed by atoms with Crippen molar-refractivity contribution in [3.8, 4) is 0 Å². The van der Waals surface area contributed by atoms with E-state index in [0.29, 0.717) is 0 Å². The van der Waals surface area contributed by atoms with Gasteiger partial charge in [0.1, 0.15) is 0 Å². The van der Waals surface area contributed by atoms with E-state index in [-0.39, 0.29) is 0 Å². The normalized spacial score (nSPS) is 10.3. The van der Waals surface area contributed by atoms with Crippen LogP contribution in [0.25, 0.3) is 0 Å². The second-order valence-corrected chi connectivity index (χ2v) is 4.61. The fraction of sp³-hybridized carbons (Fsp3) is 0.167. The topological polar surface area (TPSA) is 28.7 Å². The van der Waals surface area contributed by atoms with Crippen LogP contribution >= 0.6 is 23.8 Å². The number of aromatic nitrogens is 2. The molecule has 1 aromatic carbocycles. The van der Waals surface area contributed by atoms with Crippen molar-refractivity contribution in [1.29, 1.82) is 0 Å². The molecule has 16 heavy (non-hydrogen) atoms. The SMILES string of the molecule is S=C(Cc1ccc(Cl)cc1)Cc1ccn[nH]1. The van der Waals surface area contributed by atoms with Gasteiger partial charge in [-0.1, -0.05) is 36.0 Å². The highest BCUT2D eigenvalue weighted by Crippen LogP contribution is 2.11. The van der Waals surface area contributed by atoms with Crippen molar-refractivity contribution in [2.75, 3.05) is 0 Å². The van der Waals surface area contributed by atoms with E-state index in [1.54, 1.807) is 6.20 Å². The monoisotopic (exact) mass is 250 g/mol. The molecule has 0 aliphatic rings. The number of aromatic amines is 1. The maximum absolute atomic E-state index is 5.82. The zero-order valence-corrected chi connectivity index (χ0v) is 10.2. The molecule has 2 nitrogen and oxygen atoms in total. The Labute approximate surface area is 105 Å². The molecule has 0 aliphatic heterocycles. The smallest absolute Gasteiger partial charge is 0.0490 e. The van der Waals surface area contributed by atoms with Gasteiger partial charge in [0.15, 0.2) is 0 Å². The molecule has 1 aromatic heterocycles. The van der Waals surface area contributed by atoms with E-state index in [4.69, 9.17) is 23.8 Å². The highest BCUT2D eigenvalue weighted by molar-refractivity contribution is 7.80. The van der Waals surface area contributed by atoms with E-state index in [1.165, 1.54) is 5.56 Å². The summed E-state index contributed by atoms with van der Waals surface area (Å²) in [5.74, 6) is 0. The first-order valence-corrected chi connectivity index (χ1v) is 5.77. The van der Waals surface area contributed by atoms with Crippen molar-refractivity contribution < 1.29 is 0 Å². The Morgan fingerprint density at radius 3 is 2.56 bits per heavy atom. The Morgan fingerprint density at radius 1 is 1.19 bits per heavy atom. The Balaban J connectivity index is 1.95. The molecular weight excluding hydrogens is 240 g/mol. The number of halogens is 1. The summed E-state index contributed by atoms with van der Waals surface area (Å²) >= 11 is 11.2. The van der Waals surface area contributed by atoms with Crippen molar-refractivity contribution in [2.45, 2.75) is 12.8 Å². The van der Waals surface area contributed by atoms with Crippen LogP contribution in [0.1, 0.15) is 11.3 Å². The molecule has 2 rings (SSSR count). The highest BCUT2D eigenvalue weighted by Gasteiger charge is 2.02. The van der Waals surface area contributed by atoms with Crippen LogP contribution in [-0.4, -0.2) is 15.1 Å². The van der Waals surface area contributed by atoms with Gasteiger partial charge in [-0.25, -0.2) is 0 Å². The minimum atomic E-state index is 0.753. The van der Waals surface area contributed by atoms with Gasteiger partial charge in [-0.3, -0.25) is 5.10 Å². The first-order valence-electron chi connectivity index (χ1n) is 4.98. The molecule has 0 unspecified atom stereocenters. The molecule has 0 atom stereocenters. The quantitative estimate of drug-likeness (QED) is 0.844. The zero-order chi connectivity index (χ0) is 11.4. The van der Waals surface area contributed by atoms with Gasteiger partial charge in [-0.05, 0) is 23.8 Å². The third kappa shape index (κ3) is 3.15. The fourth-order valence-electron chi connectivity index (χ4n) is 1.49. The number of nitrogens with zero attached hydrogens (tertiary/aromatic N) is 1. The zero-order valence-electron chi connectivity index (χ0n) is 8.61. The molecule has 0 bridgehead atoms. The van der Waals surface area contributed by atoms with Gasteiger partial charge in [0.05, 0.1) is 0 Å². The molecule has 0 spiro atoms. The van der Waals surface area contributed by atoms with Crippen molar-refractivity contribution in [2.24, 2.45) is 0 Å². The molecule has 1 heterocycles. The van der Waals surface area contributed by atoms with E-state index in [0.717, 1.165) is 28.4 Å². The van der Waals surface area contributed by atoms with Crippen molar-refractivity contribution in [1.82, 2.24) is 10.2 Å². The summed E-state index contributed by atoms with van der Waals surface area (Å²) in [5.41, 5.74) is 2.24. The van der Waals surface area contributed by atoms with Crippen LogP contribution in [0.5, 0.6) is 0 Å². The van der Waals surface area contributed by atoms with E-state index in [9.17, 15) is 0 Å². The van der Waals surface area contributed by atoms with Gasteiger partial charge in [0.25, 0.3) is 0 Å². The van der Waals surface area contributed by atoms with Gasteiger partial charge in [0.2, 0.25) is 0 Å². The standard InChI is InChI=1S/C12H11ClN2S/c13-10-3-1-9(2-4-10)7-12(16)8-11-5-6-14-15-11/h1-6H,7-8H2,(H,14,15). The predicted molar refractivity (Wildman–Crippen MR) is 70.0 cm³/mol. The molecule has 0 amide bonds. The number of nitrogens with one attached hydrogen (secondary N) is 1. The summed E-state index contributed by atoms with van der Waals surface area (Å²) in [5, 5.41) is 7.55. The van der Waals surface area contributed by atoms with E-state index in [1.807, 2.05) is 30.3 Å². The van der Waals surface area contributed by atoms with E-state index in [2.05, 4.69) is 10.2 Å². The number of rotatable bonds is 4. The number of H-pyrrole nitrogens is 1. The predicted octanol–water partition coefficient (Wildman–Crippen LogP) is 3.22. The van der Waals surface area contributed by atoms with Crippen molar-refractivity contribution in [3.63, 3.8) is 0 Å². The minimum absolute atomic E-state index is 0.753. The molecule has 0 saturated carbocycles. The molecule has 0 radical (unpaired) electrons. The maximum Gasteiger partial charge on any atom is 0.0490 e. The highest BCUT2D eigenvalue weighted by atomic mass is 35.5. The maximum atomic E-state index is 5.82. The molecule has 0 aliphatic carbocycles. The van der Waals surface area contributed by atoms with Crippen LogP contribution in [0.3, 0.4) is 0 Å². The van der Waals surface area contributed by atoms with Gasteiger partial charge in [-0.2, -0.15) is 5.10 Å². The van der Waals surface area contributed by atoms with Crippen LogP contribution in [0.2, 0.25) is 5.02 Å². The average Bonchev–Trinajstić information content (AvgIpc) is 2.74. The van der Waals surface area contributed by atoms with Crippen LogP contribution in [0.15, 0.2) is 36.5 Å². The van der Waals surface area contributed by atoms with Crippen LogP contribution in [-0.2, 0) is 12.8 Å². The largest absolute Gasteiger partial charge is 0.282 e. The van der Waals surface area contributed by atoms with Crippen LogP contribution in [0.4, 0.5) is 0 Å². The lowest BCUT2D eigenvalue weighted by molar-refractivity contribution is 1.02. The Hall–Kier alpha value is -1.19. The number of hydrogen-bond donors (Lipinski definition) is 1. The molecule has 0 fully saturated rings. The Bertz CT molecular complexity index is 462. The molecule has 4 heteroatoms. The summed E-state index contributed by atoms with van der Waals surface area (Å²) < 4.78 is 0. The number of thiocarbonyl (C=S) groups is 1. The van der Waals surface area contributed by atoms with Gasteiger partial charge >= 0.3 is 0 Å². The van der Waals surface area contributed by atoms with Crippen LogP contribution in [0, 0.1) is 0 Å². The van der Waals surface area contributed by atoms with E-state index >= 15 is 0 Å². The summed E-state index contributed by atoms with van der Waals surface area (Å²) in [6.45, 7) is 0. The average molecular weight is 251 g/mol. The minimum Gasteiger partial charge on any atom is -0.282 e. The second-order valence-electron chi connectivity index (χ2n) is 3.60. The summed E-state index contributed by atoms with van der Waals surface area (Å²) in [7, 11) is 0. The summed E-state index contributed by atoms with van der Waals surface area (Å²) in [4.78, 5) is 0.992. The Kier molecular flexibility index (Phi) is 3.70. The van der Waals surface area contributed by atoms with Gasteiger partial charge in [-0.15, -0.1) is 0 Å². The van der Waals surface area contributed by atoms with Crippen LogP contribution < -0.4 is 0 Å². The van der Waals surface area contributed by atoms with Crippen molar-refractivity contribution in [3.05, 3.63) is 52.8 Å². The molecule has 2 aromatic rings. The molecule has 0 saturated heterocycles. The lowest BCUT2D eigenvalue weighted by atomic mass is 10.1. The third-order valence-corrected chi connectivity index (χ3v) is 2.80. The molecule has 82 valence electrons. The van der Waals surface area contributed by atoms with Gasteiger partial charge < -0.3 is 0 Å². The first-order chi connectivity index (χ1) is 7.74. The third-order valence-electron chi connectivity index (χ3n) is 2.26. The summed E-state index contributed by atoms with van der Waals surface area (Å²) in [6.07, 6.45) is 3.30. The van der Waals surface area contributed by atoms with Crippen molar-refractivity contribution >= 4 is 28.7 Å². The molecular formula is C12H11ClN2S. The van der Waals surface area contributed by atoms with E-state index < -0.39 is 0 Å². The van der Waals surface area contributed by atoms with Gasteiger partial charge in [0, 0.05) is 34.6 Å². The number of hydrogen-bond acceptors (Lipinski definition) is 2. The molecule has 1 N–H and O–H groups in total. The lowest BCUT2D eigenvalue weighted by Gasteiger charge is -2.02.